The van der Waals surface area contributed by atoms with Gasteiger partial charge in [0.15, 0.2) is 0 Å². The van der Waals surface area contributed by atoms with Gasteiger partial charge in [0.05, 0.1) is 0 Å². The Morgan fingerprint density at radius 1 is 0.514 bits per heavy atom. The molecule has 3 nitrogen and oxygen atoms in total. The summed E-state index contributed by atoms with van der Waals surface area (Å²) in [5.41, 5.74) is 2.53. The van der Waals surface area contributed by atoms with E-state index in [1.54, 1.807) is 0 Å². The van der Waals surface area contributed by atoms with E-state index >= 15 is 0 Å². The first-order valence-corrected chi connectivity index (χ1v) is 27.8. The molecule has 0 aliphatic carbocycles. The summed E-state index contributed by atoms with van der Waals surface area (Å²) in [4.78, 5) is 0. The van der Waals surface area contributed by atoms with Crippen LogP contribution in [0.3, 0.4) is 0 Å². The van der Waals surface area contributed by atoms with E-state index in [0.29, 0.717) is 0 Å². The molecule has 0 fully saturated rings. The molecule has 0 aliphatic rings. The van der Waals surface area contributed by atoms with Crippen LogP contribution < -0.4 is 0 Å². The molecule has 5 heteroatoms. The van der Waals surface area contributed by atoms with Gasteiger partial charge in [-0.1, -0.05) is 0 Å². The van der Waals surface area contributed by atoms with Crippen LogP contribution in [0.4, 0.5) is 0 Å². The predicted octanol–water partition coefficient (Wildman–Crippen LogP) is 10.6. The third-order valence-corrected chi connectivity index (χ3v) is 40.9. The minimum atomic E-state index is -3.51. The fraction of sp³-hybridized carbons (Fsp3) is 0.625. The molecule has 0 bridgehead atoms. The monoisotopic (exact) mass is 726 g/mol. The third-order valence-electron chi connectivity index (χ3n) is 7.34. The summed E-state index contributed by atoms with van der Waals surface area (Å²) in [6.07, 6.45) is 9.65. The topological polar surface area (TPSA) is 27.7 Å². The molecule has 2 unspecified atom stereocenters. The Kier molecular flexibility index (Phi) is 16.4. The Morgan fingerprint density at radius 3 is 1.08 bits per heavy atom. The number of rotatable bonds is 20. The van der Waals surface area contributed by atoms with Crippen LogP contribution in [0, 0.1) is 0 Å². The first-order chi connectivity index (χ1) is 17.9. The van der Waals surface area contributed by atoms with Gasteiger partial charge in [0.1, 0.15) is 0 Å². The normalized spacial score (nSPS) is 14.0. The van der Waals surface area contributed by atoms with Gasteiger partial charge in [0.25, 0.3) is 0 Å². The van der Waals surface area contributed by atoms with Crippen molar-refractivity contribution in [3.8, 4) is 0 Å². The Balaban J connectivity index is 2.49. The van der Waals surface area contributed by atoms with Gasteiger partial charge in [-0.15, -0.1) is 0 Å². The van der Waals surface area contributed by atoms with Gasteiger partial charge in [-0.3, -0.25) is 0 Å². The summed E-state index contributed by atoms with van der Waals surface area (Å²) >= 11 is -7.01. The van der Waals surface area contributed by atoms with Crippen molar-refractivity contribution in [2.45, 2.75) is 123 Å². The van der Waals surface area contributed by atoms with Crippen LogP contribution >= 0.6 is 0 Å². The molecule has 0 N–H and O–H groups in total. The Bertz CT molecular complexity index is 745. The molecule has 208 valence electrons. The second-order valence-electron chi connectivity index (χ2n) is 10.7. The van der Waals surface area contributed by atoms with Gasteiger partial charge in [0, 0.05) is 0 Å². The maximum atomic E-state index is 7.79. The molecule has 0 radical (unpaired) electrons. The standard InChI is InChI=1S/2C8H9O.4C4H9.O.2Sn/c2*1-7(9)8-5-3-2-4-6-8;4*1-3-4-2;;;/h2*2-7H,1H3;4*1,3-4H2,2H3;;;/q2*-1;;;;;;2*+1. The van der Waals surface area contributed by atoms with Crippen molar-refractivity contribution < 1.29 is 7.56 Å². The maximum absolute atomic E-state index is 7.79. The first-order valence-electron chi connectivity index (χ1n) is 15.1. The van der Waals surface area contributed by atoms with Gasteiger partial charge in [0.2, 0.25) is 0 Å². The van der Waals surface area contributed by atoms with E-state index in [0.717, 1.165) is 17.7 Å². The molecule has 2 atom stereocenters. The van der Waals surface area contributed by atoms with Crippen LogP contribution in [0.1, 0.15) is 116 Å². The molecule has 0 saturated carbocycles. The fourth-order valence-corrected chi connectivity index (χ4v) is 48.5. The van der Waals surface area contributed by atoms with E-state index in [1.165, 1.54) is 62.5 Å². The number of benzene rings is 2. The molecule has 2 aromatic carbocycles. The summed E-state index contributed by atoms with van der Waals surface area (Å²) in [5.74, 6) is 0. The molecular weight excluding hydrogens is 670 g/mol. The van der Waals surface area contributed by atoms with Crippen molar-refractivity contribution >= 4 is 38.4 Å². The Hall–Kier alpha value is -0.0826. The van der Waals surface area contributed by atoms with E-state index in [4.69, 9.17) is 7.56 Å². The van der Waals surface area contributed by atoms with Crippen molar-refractivity contribution in [1.29, 1.82) is 0 Å². The molecule has 0 aliphatic heterocycles. The summed E-state index contributed by atoms with van der Waals surface area (Å²) in [7, 11) is 0. The molecule has 0 amide bonds. The van der Waals surface area contributed by atoms with Gasteiger partial charge in [-0.2, -0.15) is 0 Å². The molecule has 0 heterocycles. The van der Waals surface area contributed by atoms with Crippen LogP contribution in [-0.2, 0) is 7.56 Å². The number of hydrogen-bond donors (Lipinski definition) is 0. The van der Waals surface area contributed by atoms with Crippen LogP contribution in [0.5, 0.6) is 0 Å². The summed E-state index contributed by atoms with van der Waals surface area (Å²) < 4.78 is 26.9. The molecule has 0 saturated heterocycles. The van der Waals surface area contributed by atoms with E-state index in [9.17, 15) is 0 Å². The Labute approximate surface area is 239 Å². The average Bonchev–Trinajstić information content (AvgIpc) is 2.93. The van der Waals surface area contributed by atoms with Gasteiger partial charge in [-0.05, 0) is 0 Å². The Morgan fingerprint density at radius 2 is 0.811 bits per heavy atom. The van der Waals surface area contributed by atoms with E-state index < -0.39 is 38.4 Å². The molecule has 2 rings (SSSR count). The van der Waals surface area contributed by atoms with E-state index in [1.807, 2.05) is 0 Å². The van der Waals surface area contributed by atoms with Gasteiger partial charge >= 0.3 is 241 Å². The fourth-order valence-electron chi connectivity index (χ4n) is 5.09. The minimum absolute atomic E-state index is 0.0681. The zero-order valence-electron chi connectivity index (χ0n) is 24.6. The van der Waals surface area contributed by atoms with Crippen molar-refractivity contribution in [2.24, 2.45) is 0 Å². The SMILES string of the molecule is CCC[CH2][Sn]([CH2]CCC)([O]C(C)c1ccccc1)[O][Sn]([CH2]CCC)([CH2]CCC)[O]C(C)c1ccccc1. The zero-order chi connectivity index (χ0) is 27.0. The molecule has 0 aromatic heterocycles. The van der Waals surface area contributed by atoms with Crippen molar-refractivity contribution in [1.82, 2.24) is 0 Å². The summed E-state index contributed by atoms with van der Waals surface area (Å²) in [5, 5.41) is 0. The number of hydrogen-bond acceptors (Lipinski definition) is 3. The van der Waals surface area contributed by atoms with Crippen LogP contribution in [0.15, 0.2) is 60.7 Å². The van der Waals surface area contributed by atoms with Crippen molar-refractivity contribution in [2.75, 3.05) is 0 Å². The molecule has 37 heavy (non-hydrogen) atoms. The van der Waals surface area contributed by atoms with Crippen LogP contribution in [-0.4, -0.2) is 38.4 Å². The van der Waals surface area contributed by atoms with Crippen molar-refractivity contribution in [3.05, 3.63) is 71.8 Å². The number of unbranched alkanes of at least 4 members (excludes halogenated alkanes) is 4. The second-order valence-corrected chi connectivity index (χ2v) is 32.6. The van der Waals surface area contributed by atoms with Gasteiger partial charge in [-0.25, -0.2) is 0 Å². The van der Waals surface area contributed by atoms with E-state index in [2.05, 4.69) is 102 Å². The second kappa shape index (κ2) is 18.3. The zero-order valence-corrected chi connectivity index (χ0v) is 30.3. The van der Waals surface area contributed by atoms with E-state index in [-0.39, 0.29) is 12.2 Å². The average molecular weight is 724 g/mol. The van der Waals surface area contributed by atoms with Gasteiger partial charge < -0.3 is 0 Å². The first kappa shape index (κ1) is 33.1. The molecular formula is C32H54O3Sn2. The summed E-state index contributed by atoms with van der Waals surface area (Å²) in [6.45, 7) is 13.7. The predicted molar refractivity (Wildman–Crippen MR) is 163 cm³/mol. The van der Waals surface area contributed by atoms with Crippen LogP contribution in [0.2, 0.25) is 17.7 Å². The summed E-state index contributed by atoms with van der Waals surface area (Å²) in [6, 6.07) is 21.5. The third kappa shape index (κ3) is 11.5. The van der Waals surface area contributed by atoms with Crippen LogP contribution in [0.25, 0.3) is 0 Å². The molecule has 2 aromatic rings. The molecule has 0 spiro atoms. The quantitative estimate of drug-likeness (QED) is 0.127. The van der Waals surface area contributed by atoms with Crippen molar-refractivity contribution in [3.63, 3.8) is 0 Å².